The number of benzene rings is 2. The van der Waals surface area contributed by atoms with Crippen LogP contribution >= 0.6 is 0 Å². The Kier molecular flexibility index (Phi) is 5.61. The molecule has 5 atom stereocenters. The molecular weight excluding hydrogens is 507 g/mol. The molecule has 2 unspecified atom stereocenters. The van der Waals surface area contributed by atoms with Crippen molar-refractivity contribution in [2.45, 2.75) is 101 Å². The summed E-state index contributed by atoms with van der Waals surface area (Å²) in [6.07, 6.45) is 5.56. The third kappa shape index (κ3) is 4.10. The van der Waals surface area contributed by atoms with Crippen LogP contribution in [-0.4, -0.2) is 33.8 Å². The van der Waals surface area contributed by atoms with Crippen LogP contribution in [0, 0.1) is 17.1 Å². The highest BCUT2D eigenvalue weighted by Gasteiger charge is 2.47. The second-order valence-corrected chi connectivity index (χ2v) is 13.2. The van der Waals surface area contributed by atoms with Crippen molar-refractivity contribution in [3.8, 4) is 5.75 Å². The average Bonchev–Trinajstić information content (AvgIpc) is 3.56. The van der Waals surface area contributed by atoms with E-state index in [4.69, 9.17) is 10.1 Å². The van der Waals surface area contributed by atoms with Crippen LogP contribution in [0.25, 0.3) is 0 Å². The fourth-order valence-corrected chi connectivity index (χ4v) is 7.69. The quantitative estimate of drug-likeness (QED) is 0.433. The first kappa shape index (κ1) is 25.5. The Morgan fingerprint density at radius 2 is 1.98 bits per heavy atom. The van der Waals surface area contributed by atoms with Gasteiger partial charge in [-0.05, 0) is 105 Å². The van der Waals surface area contributed by atoms with Gasteiger partial charge in [0.15, 0.2) is 5.96 Å². The van der Waals surface area contributed by atoms with Crippen molar-refractivity contribution < 1.29 is 18.7 Å². The summed E-state index contributed by atoms with van der Waals surface area (Å²) in [5.74, 6) is 0.955. The summed E-state index contributed by atoms with van der Waals surface area (Å²) in [5.41, 5.74) is 2.72. The van der Waals surface area contributed by atoms with Gasteiger partial charge in [-0.25, -0.2) is 4.39 Å². The maximum atomic E-state index is 15.4. The first-order valence-corrected chi connectivity index (χ1v) is 14.7. The summed E-state index contributed by atoms with van der Waals surface area (Å²) in [5, 5.41) is 15.5. The van der Waals surface area contributed by atoms with Crippen molar-refractivity contribution in [1.29, 1.82) is 5.41 Å². The number of halogens is 1. The van der Waals surface area contributed by atoms with Crippen molar-refractivity contribution in [3.05, 3.63) is 64.0 Å². The average molecular weight is 545 g/mol. The van der Waals surface area contributed by atoms with Crippen LogP contribution in [0.3, 0.4) is 0 Å². The largest absolute Gasteiger partial charge is 0.487 e. The number of nitrogens with zero attached hydrogens (tertiary/aromatic N) is 1. The summed E-state index contributed by atoms with van der Waals surface area (Å²) >= 11 is 0. The zero-order valence-corrected chi connectivity index (χ0v) is 23.4. The van der Waals surface area contributed by atoms with Crippen LogP contribution in [0.15, 0.2) is 30.3 Å². The van der Waals surface area contributed by atoms with Crippen LogP contribution in [0.1, 0.15) is 116 Å². The lowest BCUT2D eigenvalue weighted by molar-refractivity contribution is -0.132. The lowest BCUT2D eigenvalue weighted by atomic mass is 9.83. The third-order valence-electron chi connectivity index (χ3n) is 10.0. The molecule has 210 valence electrons. The van der Waals surface area contributed by atoms with E-state index in [1.807, 2.05) is 19.9 Å². The number of hydrogen-bond acceptors (Lipinski definition) is 4. The number of carbonyl (C=O) groups excluding carboxylic acids is 2. The molecule has 4 aliphatic heterocycles. The molecule has 40 heavy (non-hydrogen) atoms. The highest BCUT2D eigenvalue weighted by atomic mass is 19.1. The molecular formula is C32H37FN4O3. The van der Waals surface area contributed by atoms with E-state index in [-0.39, 0.29) is 29.4 Å². The van der Waals surface area contributed by atoms with Gasteiger partial charge in [-0.1, -0.05) is 13.0 Å². The predicted octanol–water partition coefficient (Wildman–Crippen LogP) is 5.65. The Hall–Kier alpha value is -3.42. The van der Waals surface area contributed by atoms with Crippen molar-refractivity contribution in [1.82, 2.24) is 15.5 Å². The summed E-state index contributed by atoms with van der Waals surface area (Å²) < 4.78 is 21.7. The first-order valence-electron chi connectivity index (χ1n) is 14.7. The topological polar surface area (TPSA) is 94.5 Å². The number of ether oxygens (including phenoxy) is 1. The van der Waals surface area contributed by atoms with Gasteiger partial charge in [0.1, 0.15) is 17.2 Å². The fourth-order valence-electron chi connectivity index (χ4n) is 7.69. The lowest BCUT2D eigenvalue weighted by Gasteiger charge is -2.45. The van der Waals surface area contributed by atoms with Gasteiger partial charge >= 0.3 is 0 Å². The van der Waals surface area contributed by atoms with Gasteiger partial charge in [0.05, 0.1) is 18.5 Å². The molecule has 0 aromatic heterocycles. The van der Waals surface area contributed by atoms with E-state index in [2.05, 4.69) is 29.7 Å². The normalized spacial score (nSPS) is 31.9. The fraction of sp³-hybridized carbons (Fsp3) is 0.531. The minimum atomic E-state index is -0.464. The summed E-state index contributed by atoms with van der Waals surface area (Å²) in [6, 6.07) is 8.68. The molecule has 8 rings (SSSR count). The van der Waals surface area contributed by atoms with Crippen molar-refractivity contribution in [3.63, 3.8) is 0 Å². The molecule has 4 heterocycles. The van der Waals surface area contributed by atoms with Crippen molar-refractivity contribution in [2.75, 3.05) is 0 Å². The van der Waals surface area contributed by atoms with E-state index in [1.54, 1.807) is 6.07 Å². The number of fused-ring (bicyclic) bond motifs is 4. The number of nitrogens with one attached hydrogen (secondary N) is 3. The van der Waals surface area contributed by atoms with Gasteiger partial charge in [0.25, 0.3) is 5.91 Å². The molecule has 2 aromatic carbocycles. The number of amides is 2. The second kappa shape index (κ2) is 8.79. The van der Waals surface area contributed by atoms with E-state index in [1.165, 1.54) is 16.5 Å². The van der Waals surface area contributed by atoms with Crippen LogP contribution in [0.5, 0.6) is 5.75 Å². The van der Waals surface area contributed by atoms with Crippen molar-refractivity contribution >= 4 is 17.8 Å². The Morgan fingerprint density at radius 3 is 2.75 bits per heavy atom. The highest BCUT2D eigenvalue weighted by molar-refractivity contribution is 6.00. The highest BCUT2D eigenvalue weighted by Crippen LogP contribution is 2.53. The molecule has 2 amide bonds. The van der Waals surface area contributed by atoms with Crippen LogP contribution in [-0.2, 0) is 11.2 Å². The van der Waals surface area contributed by atoms with E-state index in [0.29, 0.717) is 48.6 Å². The van der Waals surface area contributed by atoms with Gasteiger partial charge in [0, 0.05) is 23.1 Å². The van der Waals surface area contributed by atoms with Crippen LogP contribution in [0.2, 0.25) is 0 Å². The number of hydrogen-bond donors (Lipinski definition) is 3. The van der Waals surface area contributed by atoms with E-state index >= 15 is 4.39 Å². The van der Waals surface area contributed by atoms with Gasteiger partial charge in [-0.3, -0.25) is 19.9 Å². The second-order valence-electron chi connectivity index (χ2n) is 13.2. The van der Waals surface area contributed by atoms with Crippen LogP contribution in [0.4, 0.5) is 4.39 Å². The summed E-state index contributed by atoms with van der Waals surface area (Å²) in [6.45, 7) is 6.12. The van der Waals surface area contributed by atoms with Crippen molar-refractivity contribution in [2.24, 2.45) is 5.92 Å². The molecule has 6 bridgehead atoms. The number of rotatable bonds is 1. The van der Waals surface area contributed by atoms with Gasteiger partial charge in [0.2, 0.25) is 5.91 Å². The molecule has 8 heteroatoms. The van der Waals surface area contributed by atoms with Gasteiger partial charge in [-0.2, -0.15) is 0 Å². The first-order chi connectivity index (χ1) is 19.1. The Morgan fingerprint density at radius 1 is 1.15 bits per heavy atom. The Labute approximate surface area is 234 Å². The predicted molar refractivity (Wildman–Crippen MR) is 149 cm³/mol. The molecule has 6 aliphatic rings. The Balaban J connectivity index is 1.32. The zero-order chi connectivity index (χ0) is 28.0. The maximum absolute atomic E-state index is 15.4. The maximum Gasteiger partial charge on any atom is 0.251 e. The van der Waals surface area contributed by atoms with E-state index < -0.39 is 23.0 Å². The molecule has 2 aliphatic carbocycles. The molecule has 1 saturated heterocycles. The molecule has 3 N–H and O–H groups in total. The molecule has 1 saturated carbocycles. The summed E-state index contributed by atoms with van der Waals surface area (Å²) in [7, 11) is 0. The minimum absolute atomic E-state index is 0.0874. The zero-order valence-electron chi connectivity index (χ0n) is 23.4. The van der Waals surface area contributed by atoms with Gasteiger partial charge < -0.3 is 15.4 Å². The lowest BCUT2D eigenvalue weighted by Crippen LogP contribution is -2.62. The molecule has 7 nitrogen and oxygen atoms in total. The number of guanidine groups is 1. The molecule has 2 fully saturated rings. The van der Waals surface area contributed by atoms with Crippen LogP contribution < -0.4 is 15.4 Å². The molecule has 0 spiro atoms. The summed E-state index contributed by atoms with van der Waals surface area (Å²) in [4.78, 5) is 28.8. The van der Waals surface area contributed by atoms with E-state index in [0.717, 1.165) is 37.0 Å². The minimum Gasteiger partial charge on any atom is -0.487 e. The molecule has 0 radical (unpaired) electrons. The monoisotopic (exact) mass is 544 g/mol. The smallest absolute Gasteiger partial charge is 0.251 e. The SMILES string of the molecule is CC[C@]12CCC3CC3c3ccc4c(c3)[C@H](CC(C)(C)O4)NC(=O)c3cc(F)c4c(c3)[C@@H](CC4)N(C(=N)N1)C(=O)C2. The van der Waals surface area contributed by atoms with Gasteiger partial charge in [-0.15, -0.1) is 0 Å². The third-order valence-corrected chi connectivity index (χ3v) is 10.0. The number of carbonyl (C=O) groups is 2. The standard InChI is InChI=1S/C32H37FN4O3/c1-4-32-10-9-18-11-21(18)17-5-8-27-23(12-17)25(15-31(2,3)40-27)35-29(39)19-13-22-20(24(33)14-19)6-7-26(22)37(28(38)16-32)30(34)36-32/h5,8,12-14,18,21,25-26H,4,6-7,9-11,15-16H2,1-3H3,(H2,34,36)(H,35,39)/t18?,21?,25-,26+,32+/m0/s1. The Bertz CT molecular complexity index is 1430. The van der Waals surface area contributed by atoms with E-state index in [9.17, 15) is 9.59 Å². The molecule has 2 aromatic rings.